The van der Waals surface area contributed by atoms with Gasteiger partial charge in [-0.3, -0.25) is 4.68 Å². The highest BCUT2D eigenvalue weighted by atomic mass is 16.5. The molecule has 0 aromatic carbocycles. The lowest BCUT2D eigenvalue weighted by molar-refractivity contribution is 0.137. The molecule has 1 fully saturated rings. The Labute approximate surface area is 66.0 Å². The molecule has 0 aliphatic heterocycles. The van der Waals surface area contributed by atoms with E-state index in [2.05, 4.69) is 5.10 Å². The molecule has 3 nitrogen and oxygen atoms in total. The monoisotopic (exact) mass is 152 g/mol. The van der Waals surface area contributed by atoms with Crippen LogP contribution in [0.25, 0.3) is 0 Å². The van der Waals surface area contributed by atoms with Gasteiger partial charge in [0.05, 0.1) is 12.1 Å². The summed E-state index contributed by atoms with van der Waals surface area (Å²) in [6.07, 6.45) is 6.22. The molecule has 60 valence electrons. The fourth-order valence-electron chi connectivity index (χ4n) is 1.40. The predicted octanol–water partition coefficient (Wildman–Crippen LogP) is 1.02. The van der Waals surface area contributed by atoms with Crippen LogP contribution in [0, 0.1) is 0 Å². The lowest BCUT2D eigenvalue weighted by Gasteiger charge is -2.13. The Morgan fingerprint density at radius 3 is 2.91 bits per heavy atom. The van der Waals surface area contributed by atoms with E-state index < -0.39 is 0 Å². The van der Waals surface area contributed by atoms with E-state index in [9.17, 15) is 0 Å². The lowest BCUT2D eigenvalue weighted by Crippen LogP contribution is -2.23. The number of ether oxygens (including phenoxy) is 1. The third-order valence-electron chi connectivity index (χ3n) is 2.23. The summed E-state index contributed by atoms with van der Waals surface area (Å²) in [5.74, 6) is 0. The molecule has 0 spiro atoms. The van der Waals surface area contributed by atoms with Crippen molar-refractivity contribution in [3.63, 3.8) is 0 Å². The largest absolute Gasteiger partial charge is 0.382 e. The molecule has 0 bridgehead atoms. The minimum Gasteiger partial charge on any atom is -0.382 e. The number of methoxy groups -OCH3 is 1. The van der Waals surface area contributed by atoms with Crippen LogP contribution in [-0.2, 0) is 10.3 Å². The van der Waals surface area contributed by atoms with Crippen LogP contribution in [0.5, 0.6) is 0 Å². The van der Waals surface area contributed by atoms with E-state index in [1.807, 2.05) is 23.1 Å². The Hall–Kier alpha value is -0.830. The van der Waals surface area contributed by atoms with Gasteiger partial charge in [-0.15, -0.1) is 0 Å². The number of hydrogen-bond donors (Lipinski definition) is 0. The summed E-state index contributed by atoms with van der Waals surface area (Å²) >= 11 is 0. The first kappa shape index (κ1) is 6.85. The molecule has 2 rings (SSSR count). The summed E-state index contributed by atoms with van der Waals surface area (Å²) in [6, 6.07) is 1.95. The van der Waals surface area contributed by atoms with Crippen LogP contribution in [0.1, 0.15) is 12.8 Å². The molecular formula is C8H12N2O. The van der Waals surface area contributed by atoms with Gasteiger partial charge < -0.3 is 4.74 Å². The molecule has 0 N–H and O–H groups in total. The molecule has 0 atom stereocenters. The van der Waals surface area contributed by atoms with Crippen molar-refractivity contribution in [3.05, 3.63) is 18.5 Å². The molecular weight excluding hydrogens is 140 g/mol. The van der Waals surface area contributed by atoms with Crippen LogP contribution in [0.2, 0.25) is 0 Å². The van der Waals surface area contributed by atoms with Gasteiger partial charge in [-0.2, -0.15) is 5.10 Å². The highest BCUT2D eigenvalue weighted by Crippen LogP contribution is 2.42. The minimum absolute atomic E-state index is 0.207. The second-order valence-corrected chi connectivity index (χ2v) is 3.11. The standard InChI is InChI=1S/C8H12N2O/c1-11-7-8(3-4-8)10-6-2-5-9-10/h2,5-6H,3-4,7H2,1H3. The summed E-state index contributed by atoms with van der Waals surface area (Å²) in [5.41, 5.74) is 0.207. The van der Waals surface area contributed by atoms with Gasteiger partial charge in [-0.1, -0.05) is 0 Å². The summed E-state index contributed by atoms with van der Waals surface area (Å²) < 4.78 is 7.14. The van der Waals surface area contributed by atoms with Crippen molar-refractivity contribution < 1.29 is 4.74 Å². The van der Waals surface area contributed by atoms with E-state index in [1.165, 1.54) is 12.8 Å². The molecule has 11 heavy (non-hydrogen) atoms. The van der Waals surface area contributed by atoms with Gasteiger partial charge in [0.2, 0.25) is 0 Å². The van der Waals surface area contributed by atoms with Crippen molar-refractivity contribution >= 4 is 0 Å². The van der Waals surface area contributed by atoms with Crippen molar-refractivity contribution in [3.8, 4) is 0 Å². The Morgan fingerprint density at radius 2 is 2.45 bits per heavy atom. The van der Waals surface area contributed by atoms with Gasteiger partial charge in [0.15, 0.2) is 0 Å². The maximum atomic E-state index is 5.13. The van der Waals surface area contributed by atoms with E-state index in [0.29, 0.717) is 0 Å². The molecule has 0 radical (unpaired) electrons. The first-order chi connectivity index (χ1) is 5.37. The summed E-state index contributed by atoms with van der Waals surface area (Å²) in [7, 11) is 1.74. The molecule has 0 unspecified atom stereocenters. The van der Waals surface area contributed by atoms with E-state index in [4.69, 9.17) is 4.74 Å². The highest BCUT2D eigenvalue weighted by molar-refractivity contribution is 5.00. The van der Waals surface area contributed by atoms with E-state index in [-0.39, 0.29) is 5.54 Å². The van der Waals surface area contributed by atoms with Crippen molar-refractivity contribution in [2.45, 2.75) is 18.4 Å². The second-order valence-electron chi connectivity index (χ2n) is 3.11. The van der Waals surface area contributed by atoms with Gasteiger partial charge in [-0.05, 0) is 18.9 Å². The molecule has 1 aromatic rings. The molecule has 1 aliphatic rings. The van der Waals surface area contributed by atoms with Gasteiger partial charge in [0.25, 0.3) is 0 Å². The zero-order valence-corrected chi connectivity index (χ0v) is 6.66. The molecule has 1 aliphatic carbocycles. The first-order valence-electron chi connectivity index (χ1n) is 3.86. The maximum absolute atomic E-state index is 5.13. The third kappa shape index (κ3) is 1.05. The predicted molar refractivity (Wildman–Crippen MR) is 41.3 cm³/mol. The van der Waals surface area contributed by atoms with Crippen molar-refractivity contribution in [2.75, 3.05) is 13.7 Å². The van der Waals surface area contributed by atoms with Crippen LogP contribution in [-0.4, -0.2) is 23.5 Å². The second kappa shape index (κ2) is 2.34. The normalized spacial score (nSPS) is 20.1. The van der Waals surface area contributed by atoms with Crippen molar-refractivity contribution in [1.82, 2.24) is 9.78 Å². The average molecular weight is 152 g/mol. The van der Waals surface area contributed by atoms with Crippen LogP contribution >= 0.6 is 0 Å². The third-order valence-corrected chi connectivity index (χ3v) is 2.23. The fourth-order valence-corrected chi connectivity index (χ4v) is 1.40. The zero-order valence-electron chi connectivity index (χ0n) is 6.66. The highest BCUT2D eigenvalue weighted by Gasteiger charge is 2.45. The summed E-state index contributed by atoms with van der Waals surface area (Å²) in [4.78, 5) is 0. The minimum atomic E-state index is 0.207. The van der Waals surface area contributed by atoms with Crippen LogP contribution in [0.15, 0.2) is 18.5 Å². The van der Waals surface area contributed by atoms with Gasteiger partial charge in [-0.25, -0.2) is 0 Å². The van der Waals surface area contributed by atoms with Crippen LogP contribution < -0.4 is 0 Å². The zero-order chi connectivity index (χ0) is 7.73. The van der Waals surface area contributed by atoms with E-state index in [1.54, 1.807) is 7.11 Å². The van der Waals surface area contributed by atoms with Gasteiger partial charge >= 0.3 is 0 Å². The van der Waals surface area contributed by atoms with E-state index >= 15 is 0 Å². The number of rotatable bonds is 3. The Kier molecular flexibility index (Phi) is 1.46. The molecule has 0 amide bonds. The Bertz CT molecular complexity index is 226. The van der Waals surface area contributed by atoms with Crippen LogP contribution in [0.3, 0.4) is 0 Å². The smallest absolute Gasteiger partial charge is 0.0861 e. The molecule has 1 saturated carbocycles. The summed E-state index contributed by atoms with van der Waals surface area (Å²) in [6.45, 7) is 0.786. The molecule has 0 saturated heterocycles. The Morgan fingerprint density at radius 1 is 1.64 bits per heavy atom. The van der Waals surface area contributed by atoms with Crippen molar-refractivity contribution in [1.29, 1.82) is 0 Å². The van der Waals surface area contributed by atoms with Gasteiger partial charge in [0, 0.05) is 19.5 Å². The lowest BCUT2D eigenvalue weighted by atomic mass is 10.3. The molecule has 3 heteroatoms. The average Bonchev–Trinajstić information content (AvgIpc) is 2.63. The molecule has 1 aromatic heterocycles. The van der Waals surface area contributed by atoms with Crippen LogP contribution in [0.4, 0.5) is 0 Å². The maximum Gasteiger partial charge on any atom is 0.0861 e. The SMILES string of the molecule is COCC1(n2cccn2)CC1. The Balaban J connectivity index is 2.15. The first-order valence-corrected chi connectivity index (χ1v) is 3.86. The summed E-state index contributed by atoms with van der Waals surface area (Å²) in [5, 5.41) is 4.21. The molecule has 1 heterocycles. The number of hydrogen-bond acceptors (Lipinski definition) is 2. The van der Waals surface area contributed by atoms with Gasteiger partial charge in [0.1, 0.15) is 0 Å². The van der Waals surface area contributed by atoms with E-state index in [0.717, 1.165) is 6.61 Å². The number of nitrogens with zero attached hydrogens (tertiary/aromatic N) is 2. The number of aromatic nitrogens is 2. The quantitative estimate of drug-likeness (QED) is 0.646. The fraction of sp³-hybridized carbons (Fsp3) is 0.625. The van der Waals surface area contributed by atoms with Crippen molar-refractivity contribution in [2.24, 2.45) is 0 Å². The topological polar surface area (TPSA) is 27.1 Å².